The zero-order valence-electron chi connectivity index (χ0n) is 28.1. The smallest absolute Gasteiger partial charge is 0.240 e. The van der Waals surface area contributed by atoms with E-state index in [1.165, 1.54) is 0 Å². The Labute approximate surface area is 288 Å². The lowest BCUT2D eigenvalue weighted by molar-refractivity contribution is -0.142. The highest BCUT2D eigenvalue weighted by Crippen LogP contribution is 2.57. The number of hydrogen-bond donors (Lipinski definition) is 1. The molecule has 0 spiro atoms. The van der Waals surface area contributed by atoms with Gasteiger partial charge in [-0.3, -0.25) is 19.1 Å². The van der Waals surface area contributed by atoms with Crippen LogP contribution in [0.15, 0.2) is 79.0 Å². The number of rotatable bonds is 7. The molecule has 1 aromatic heterocycles. The summed E-state index contributed by atoms with van der Waals surface area (Å²) in [5, 5.41) is 1.83. The van der Waals surface area contributed by atoms with E-state index < -0.39 is 38.2 Å². The molecule has 4 aliphatic rings. The molecule has 258 valence electrons. The van der Waals surface area contributed by atoms with Gasteiger partial charge in [0.25, 0.3) is 0 Å². The Kier molecular flexibility index (Phi) is 9.11. The third-order valence-electron chi connectivity index (χ3n) is 11.2. The average Bonchev–Trinajstić information content (AvgIpc) is 3.97. The van der Waals surface area contributed by atoms with Gasteiger partial charge in [-0.25, -0.2) is 13.4 Å². The zero-order chi connectivity index (χ0) is 34.2. The second kappa shape index (κ2) is 13.3. The van der Waals surface area contributed by atoms with Crippen molar-refractivity contribution < 1.29 is 27.5 Å². The number of pyridine rings is 1. The number of nitrogens with zero attached hydrogens (tertiary/aromatic N) is 2. The summed E-state index contributed by atoms with van der Waals surface area (Å²) in [6.07, 6.45) is 11.7. The van der Waals surface area contributed by atoms with Crippen molar-refractivity contribution in [1.29, 1.82) is 0 Å². The first-order valence-corrected chi connectivity index (χ1v) is 19.2. The molecular weight excluding hydrogens is 639 g/mol. The van der Waals surface area contributed by atoms with Gasteiger partial charge in [0.05, 0.1) is 22.7 Å². The van der Waals surface area contributed by atoms with Crippen LogP contribution < -0.4 is 9.46 Å². The number of carbonyl (C=O) groups is 3. The fraction of sp³-hybridized carbons (Fsp3) is 0.487. The van der Waals surface area contributed by atoms with Crippen LogP contribution in [0.3, 0.4) is 0 Å². The van der Waals surface area contributed by atoms with Gasteiger partial charge >= 0.3 is 0 Å². The number of benzene rings is 2. The fourth-order valence-corrected chi connectivity index (χ4v) is 9.00. The van der Waals surface area contributed by atoms with Crippen LogP contribution in [0.4, 0.5) is 0 Å². The van der Waals surface area contributed by atoms with Crippen LogP contribution in [0.25, 0.3) is 10.8 Å². The minimum atomic E-state index is -3.88. The first kappa shape index (κ1) is 33.4. The number of fused-ring (bicyclic) bond motifs is 3. The zero-order valence-corrected chi connectivity index (χ0v) is 28.9. The van der Waals surface area contributed by atoms with Crippen molar-refractivity contribution >= 4 is 38.4 Å². The van der Waals surface area contributed by atoms with Crippen LogP contribution in [0.2, 0.25) is 0 Å². The lowest BCUT2D eigenvalue weighted by Crippen LogP contribution is -2.47. The molecule has 2 saturated carbocycles. The molecule has 3 fully saturated rings. The summed E-state index contributed by atoms with van der Waals surface area (Å²) in [5.74, 6) is -1.04. The topological polar surface area (TPSA) is 123 Å². The summed E-state index contributed by atoms with van der Waals surface area (Å²) in [6, 6.07) is 18.9. The molecule has 2 aromatic carbocycles. The molecule has 10 heteroatoms. The SMILES string of the molecule is CC1(S(=O)(=O)NC(=O)[C@]23CC(=O)[C@@H]4C[C@@H](Oc5nccc6ccccc56)CN4C(=O)[C@@H](Cc4ccccc4)CCCCC/C=C\[C@H]2C3)CC1. The first-order valence-electron chi connectivity index (χ1n) is 17.7. The van der Waals surface area contributed by atoms with Crippen LogP contribution >= 0.6 is 0 Å². The van der Waals surface area contributed by atoms with Crippen molar-refractivity contribution in [2.45, 2.75) is 94.4 Å². The fourth-order valence-electron chi connectivity index (χ4n) is 7.66. The lowest BCUT2D eigenvalue weighted by atomic mass is 9.90. The van der Waals surface area contributed by atoms with E-state index in [0.717, 1.165) is 42.0 Å². The van der Waals surface area contributed by atoms with E-state index in [9.17, 15) is 22.8 Å². The van der Waals surface area contributed by atoms with Crippen molar-refractivity contribution in [3.63, 3.8) is 0 Å². The minimum absolute atomic E-state index is 0.0812. The predicted octanol–water partition coefficient (Wildman–Crippen LogP) is 5.93. The summed E-state index contributed by atoms with van der Waals surface area (Å²) in [6.45, 7) is 1.87. The second-order valence-electron chi connectivity index (χ2n) is 14.8. The third kappa shape index (κ3) is 6.89. The third-order valence-corrected chi connectivity index (χ3v) is 13.4. The van der Waals surface area contributed by atoms with E-state index in [0.29, 0.717) is 38.0 Å². The molecule has 1 N–H and O–H groups in total. The summed E-state index contributed by atoms with van der Waals surface area (Å²) >= 11 is 0. The molecule has 0 radical (unpaired) electrons. The van der Waals surface area contributed by atoms with Gasteiger partial charge in [-0.2, -0.15) is 0 Å². The van der Waals surface area contributed by atoms with Crippen molar-refractivity contribution in [1.82, 2.24) is 14.6 Å². The maximum absolute atomic E-state index is 14.6. The highest BCUT2D eigenvalue weighted by Gasteiger charge is 2.62. The Bertz CT molecular complexity index is 1870. The highest BCUT2D eigenvalue weighted by atomic mass is 32.2. The van der Waals surface area contributed by atoms with E-state index >= 15 is 0 Å². The van der Waals surface area contributed by atoms with Gasteiger partial charge in [-0.05, 0) is 80.9 Å². The molecule has 3 heterocycles. The molecule has 3 aromatic rings. The Morgan fingerprint density at radius 3 is 2.59 bits per heavy atom. The predicted molar refractivity (Wildman–Crippen MR) is 187 cm³/mol. The molecule has 9 nitrogen and oxygen atoms in total. The number of allylic oxidation sites excluding steroid dienone is 2. The Morgan fingerprint density at radius 2 is 1.80 bits per heavy atom. The number of amides is 2. The van der Waals surface area contributed by atoms with E-state index in [-0.39, 0.29) is 42.9 Å². The minimum Gasteiger partial charge on any atom is -0.472 e. The number of ether oxygens (including phenoxy) is 1. The number of carbonyl (C=O) groups excluding carboxylic acids is 3. The van der Waals surface area contributed by atoms with Crippen LogP contribution in [0, 0.1) is 17.3 Å². The van der Waals surface area contributed by atoms with Crippen molar-refractivity contribution in [3.8, 4) is 5.88 Å². The number of sulfonamides is 1. The van der Waals surface area contributed by atoms with Gasteiger partial charge in [0.1, 0.15) is 6.10 Å². The monoisotopic (exact) mass is 683 g/mol. The number of nitrogens with one attached hydrogen (secondary N) is 1. The molecule has 7 rings (SSSR count). The summed E-state index contributed by atoms with van der Waals surface area (Å²) in [7, 11) is -3.88. The Morgan fingerprint density at radius 1 is 1.02 bits per heavy atom. The second-order valence-corrected chi connectivity index (χ2v) is 17.0. The van der Waals surface area contributed by atoms with Gasteiger partial charge in [0.15, 0.2) is 5.78 Å². The van der Waals surface area contributed by atoms with E-state index in [1.807, 2.05) is 66.7 Å². The van der Waals surface area contributed by atoms with Crippen molar-refractivity contribution in [2.75, 3.05) is 6.54 Å². The van der Waals surface area contributed by atoms with Gasteiger partial charge in [0, 0.05) is 30.3 Å². The largest absolute Gasteiger partial charge is 0.472 e. The van der Waals surface area contributed by atoms with Gasteiger partial charge in [-0.1, -0.05) is 73.5 Å². The molecule has 1 saturated heterocycles. The van der Waals surface area contributed by atoms with E-state index in [2.05, 4.69) is 15.8 Å². The number of Topliss-reactive ketones (excluding diaryl/α,β-unsaturated/α-hetero) is 1. The molecule has 2 aliphatic carbocycles. The Hall–Kier alpha value is -4.05. The van der Waals surface area contributed by atoms with Crippen LogP contribution in [0.1, 0.15) is 76.7 Å². The average molecular weight is 684 g/mol. The summed E-state index contributed by atoms with van der Waals surface area (Å²) < 4.78 is 34.1. The van der Waals surface area contributed by atoms with Crippen LogP contribution in [0.5, 0.6) is 5.88 Å². The molecule has 5 atom stereocenters. The molecule has 0 unspecified atom stereocenters. The van der Waals surface area contributed by atoms with Gasteiger partial charge < -0.3 is 9.64 Å². The summed E-state index contributed by atoms with van der Waals surface area (Å²) in [4.78, 5) is 49.1. The first-order chi connectivity index (χ1) is 23.6. The van der Waals surface area contributed by atoms with E-state index in [4.69, 9.17) is 4.74 Å². The van der Waals surface area contributed by atoms with Crippen LogP contribution in [-0.4, -0.2) is 59.3 Å². The molecule has 49 heavy (non-hydrogen) atoms. The number of aromatic nitrogens is 1. The highest BCUT2D eigenvalue weighted by molar-refractivity contribution is 7.91. The Balaban J connectivity index is 1.20. The van der Waals surface area contributed by atoms with Crippen molar-refractivity contribution in [3.05, 3.63) is 84.6 Å². The number of ketones is 1. The van der Waals surface area contributed by atoms with Gasteiger partial charge in [-0.15, -0.1) is 0 Å². The molecular formula is C39H45N3O6S. The van der Waals surface area contributed by atoms with Crippen LogP contribution in [-0.2, 0) is 30.8 Å². The normalized spacial score (nSPS) is 29.2. The standard InChI is InChI=1S/C39H45N3O6S/c1-38(19-20-38)49(46,47)41-37(45)39-24-30(39)16-9-4-2-3-8-15-29(22-27-12-6-5-7-13-27)36(44)42-26-31(23-33(42)34(43)25-39)48-35-32-17-11-10-14-28(32)18-21-40-35/h5-7,9-14,16-18,21,29-31,33H,2-4,8,15,19-20,22-26H2,1H3,(H,41,45)/b16-9-/t29-,30+,31-,33+,39-/m1/s1. The number of hydrogen-bond acceptors (Lipinski definition) is 7. The quantitative estimate of drug-likeness (QED) is 0.307. The lowest BCUT2D eigenvalue weighted by Gasteiger charge is -2.29. The van der Waals surface area contributed by atoms with E-state index in [1.54, 1.807) is 18.0 Å². The molecule has 2 amide bonds. The van der Waals surface area contributed by atoms with Crippen molar-refractivity contribution in [2.24, 2.45) is 17.3 Å². The maximum Gasteiger partial charge on any atom is 0.240 e. The summed E-state index contributed by atoms with van der Waals surface area (Å²) in [5.41, 5.74) is -0.0982. The maximum atomic E-state index is 14.6. The molecule has 0 bridgehead atoms. The molecule has 2 aliphatic heterocycles. The van der Waals surface area contributed by atoms with Gasteiger partial charge in [0.2, 0.25) is 27.7 Å².